The van der Waals surface area contributed by atoms with Gasteiger partial charge in [-0.25, -0.2) is 4.31 Å². The van der Waals surface area contributed by atoms with Gasteiger partial charge in [0.25, 0.3) is 0 Å². The van der Waals surface area contributed by atoms with Crippen LogP contribution in [0.1, 0.15) is 12.0 Å². The second-order valence-corrected chi connectivity index (χ2v) is 5.90. The fraction of sp³-hybridized carbons (Fsp3) is 0.250. The zero-order valence-electron chi connectivity index (χ0n) is 8.94. The first-order valence-corrected chi connectivity index (χ1v) is 6.84. The molecule has 0 atom stereocenters. The fourth-order valence-corrected chi connectivity index (χ4v) is 3.36. The Labute approximate surface area is 112 Å². The van der Waals surface area contributed by atoms with Crippen molar-refractivity contribution in [3.8, 4) is 11.9 Å². The summed E-state index contributed by atoms with van der Waals surface area (Å²) in [5.41, 5.74) is 2.35. The van der Waals surface area contributed by atoms with Crippen molar-refractivity contribution in [2.75, 3.05) is 13.2 Å². The molecule has 0 saturated heterocycles. The van der Waals surface area contributed by atoms with E-state index >= 15 is 0 Å². The van der Waals surface area contributed by atoms with Crippen LogP contribution in [0.4, 0.5) is 0 Å². The summed E-state index contributed by atoms with van der Waals surface area (Å²) in [7, 11) is 0. The van der Waals surface area contributed by atoms with Crippen LogP contribution in [0.3, 0.4) is 0 Å². The van der Waals surface area contributed by atoms with Crippen LogP contribution in [0, 0.1) is 11.5 Å². The van der Waals surface area contributed by atoms with Crippen molar-refractivity contribution in [1.82, 2.24) is 4.31 Å². The van der Waals surface area contributed by atoms with E-state index in [2.05, 4.69) is 28.2 Å². The number of nitrogens with zero attached hydrogens (tertiary/aromatic N) is 2. The first kappa shape index (κ1) is 11.0. The van der Waals surface area contributed by atoms with Gasteiger partial charge in [0.2, 0.25) is 0 Å². The van der Waals surface area contributed by atoms with E-state index in [1.165, 1.54) is 22.4 Å². The van der Waals surface area contributed by atoms with Crippen LogP contribution in [0.15, 0.2) is 27.6 Å². The van der Waals surface area contributed by atoms with E-state index < -0.39 is 0 Å². The van der Waals surface area contributed by atoms with Crippen molar-refractivity contribution >= 4 is 33.5 Å². The maximum absolute atomic E-state index is 8.97. The summed E-state index contributed by atoms with van der Waals surface area (Å²) < 4.78 is 8.47. The van der Waals surface area contributed by atoms with Crippen molar-refractivity contribution in [2.24, 2.45) is 0 Å². The summed E-state index contributed by atoms with van der Waals surface area (Å²) in [5, 5.41) is 8.97. The summed E-state index contributed by atoms with van der Waals surface area (Å²) in [5.74, 6) is 0.907. The number of rotatable bonds is 0. The van der Waals surface area contributed by atoms with Crippen molar-refractivity contribution in [2.45, 2.75) is 6.42 Å². The predicted octanol–water partition coefficient (Wildman–Crippen LogP) is 3.39. The Morgan fingerprint density at radius 3 is 3.18 bits per heavy atom. The van der Waals surface area contributed by atoms with Gasteiger partial charge >= 0.3 is 0 Å². The SMILES string of the molecule is N#CN1CC2=C(CCOc3cc(Br)ccc32)S1. The van der Waals surface area contributed by atoms with Gasteiger partial charge < -0.3 is 4.74 Å². The molecule has 2 aliphatic heterocycles. The van der Waals surface area contributed by atoms with E-state index in [1.54, 1.807) is 4.31 Å². The van der Waals surface area contributed by atoms with E-state index in [1.807, 2.05) is 12.1 Å². The molecule has 17 heavy (non-hydrogen) atoms. The number of halogens is 1. The smallest absolute Gasteiger partial charge is 0.190 e. The molecule has 0 bridgehead atoms. The highest BCUT2D eigenvalue weighted by molar-refractivity contribution is 9.10. The minimum atomic E-state index is 0.675. The highest BCUT2D eigenvalue weighted by Gasteiger charge is 2.27. The first-order chi connectivity index (χ1) is 8.28. The van der Waals surface area contributed by atoms with Crippen LogP contribution in [0.5, 0.6) is 5.75 Å². The van der Waals surface area contributed by atoms with Crippen LogP contribution in [-0.4, -0.2) is 17.5 Å². The summed E-state index contributed by atoms with van der Waals surface area (Å²) in [4.78, 5) is 1.26. The molecule has 0 spiro atoms. The summed E-state index contributed by atoms with van der Waals surface area (Å²) in [6.45, 7) is 1.35. The minimum absolute atomic E-state index is 0.675. The molecule has 1 aromatic rings. The molecule has 0 fully saturated rings. The Bertz CT molecular complexity index is 550. The lowest BCUT2D eigenvalue weighted by Gasteiger charge is -2.11. The molecule has 1 aromatic carbocycles. The van der Waals surface area contributed by atoms with Gasteiger partial charge in [0.05, 0.1) is 13.2 Å². The molecule has 0 unspecified atom stereocenters. The number of benzene rings is 1. The Hall–Kier alpha value is -1.12. The molecule has 2 heterocycles. The molecule has 86 valence electrons. The van der Waals surface area contributed by atoms with Crippen molar-refractivity contribution in [3.63, 3.8) is 0 Å². The number of hydrogen-bond acceptors (Lipinski definition) is 4. The van der Waals surface area contributed by atoms with Gasteiger partial charge in [0.1, 0.15) is 5.75 Å². The molecule has 0 saturated carbocycles. The standard InChI is InChI=1S/C12H9BrN2OS/c13-8-1-2-9-10-6-15(7-14)17-12(10)3-4-16-11(9)5-8/h1-2,5H,3-4,6H2. The third-order valence-electron chi connectivity index (χ3n) is 2.83. The van der Waals surface area contributed by atoms with Crippen LogP contribution in [0.2, 0.25) is 0 Å². The lowest BCUT2D eigenvalue weighted by Crippen LogP contribution is -2.06. The third-order valence-corrected chi connectivity index (χ3v) is 4.42. The molecule has 0 aromatic heterocycles. The van der Waals surface area contributed by atoms with Gasteiger partial charge in [-0.15, -0.1) is 0 Å². The van der Waals surface area contributed by atoms with Gasteiger partial charge in [-0.2, -0.15) is 5.26 Å². The number of hydrogen-bond donors (Lipinski definition) is 0. The molecule has 0 N–H and O–H groups in total. The first-order valence-electron chi connectivity index (χ1n) is 5.28. The minimum Gasteiger partial charge on any atom is -0.493 e. The molecule has 3 rings (SSSR count). The van der Waals surface area contributed by atoms with E-state index in [0.717, 1.165) is 22.2 Å². The number of nitriles is 1. The zero-order valence-corrected chi connectivity index (χ0v) is 11.3. The molecular weight excluding hydrogens is 300 g/mol. The third kappa shape index (κ3) is 1.92. The van der Waals surface area contributed by atoms with Gasteiger partial charge in [-0.1, -0.05) is 15.9 Å². The van der Waals surface area contributed by atoms with Gasteiger partial charge in [0, 0.05) is 21.4 Å². The van der Waals surface area contributed by atoms with Crippen LogP contribution in [0.25, 0.3) is 5.57 Å². The average Bonchev–Trinajstić information content (AvgIpc) is 2.66. The van der Waals surface area contributed by atoms with Crippen LogP contribution in [-0.2, 0) is 0 Å². The topological polar surface area (TPSA) is 36.3 Å². The molecule has 3 nitrogen and oxygen atoms in total. The molecule has 0 radical (unpaired) electrons. The van der Waals surface area contributed by atoms with Crippen LogP contribution >= 0.6 is 27.9 Å². The monoisotopic (exact) mass is 308 g/mol. The quantitative estimate of drug-likeness (QED) is 0.544. The Morgan fingerprint density at radius 2 is 2.35 bits per heavy atom. The van der Waals surface area contributed by atoms with E-state index in [9.17, 15) is 0 Å². The molecule has 5 heteroatoms. The number of fused-ring (bicyclic) bond motifs is 2. The second kappa shape index (κ2) is 4.28. The summed E-state index contributed by atoms with van der Waals surface area (Å²) in [6, 6.07) is 6.06. The summed E-state index contributed by atoms with van der Waals surface area (Å²) >= 11 is 4.99. The van der Waals surface area contributed by atoms with E-state index in [-0.39, 0.29) is 0 Å². The maximum atomic E-state index is 8.97. The van der Waals surface area contributed by atoms with Crippen molar-refractivity contribution < 1.29 is 4.74 Å². The predicted molar refractivity (Wildman–Crippen MR) is 71.1 cm³/mol. The second-order valence-electron chi connectivity index (χ2n) is 3.87. The average molecular weight is 309 g/mol. The summed E-state index contributed by atoms with van der Waals surface area (Å²) in [6.07, 6.45) is 3.07. The largest absolute Gasteiger partial charge is 0.493 e. The van der Waals surface area contributed by atoms with Crippen molar-refractivity contribution in [3.05, 3.63) is 33.1 Å². The van der Waals surface area contributed by atoms with E-state index in [4.69, 9.17) is 10.00 Å². The van der Waals surface area contributed by atoms with Gasteiger partial charge in [0.15, 0.2) is 6.19 Å². The normalized spacial score (nSPS) is 18.0. The van der Waals surface area contributed by atoms with Gasteiger partial charge in [-0.3, -0.25) is 0 Å². The highest BCUT2D eigenvalue weighted by atomic mass is 79.9. The Morgan fingerprint density at radius 1 is 1.47 bits per heavy atom. The maximum Gasteiger partial charge on any atom is 0.190 e. The fourth-order valence-electron chi connectivity index (χ4n) is 2.06. The zero-order chi connectivity index (χ0) is 11.8. The van der Waals surface area contributed by atoms with Gasteiger partial charge in [-0.05, 0) is 35.7 Å². The molecule has 0 aliphatic carbocycles. The Balaban J connectivity index is 2.07. The lowest BCUT2D eigenvalue weighted by molar-refractivity contribution is 0.325. The molecular formula is C12H9BrN2OS. The Kier molecular flexibility index (Phi) is 2.77. The van der Waals surface area contributed by atoms with Crippen LogP contribution < -0.4 is 4.74 Å². The van der Waals surface area contributed by atoms with E-state index in [0.29, 0.717) is 13.2 Å². The lowest BCUT2D eigenvalue weighted by atomic mass is 10.0. The molecule has 2 aliphatic rings. The molecule has 0 amide bonds. The van der Waals surface area contributed by atoms with Crippen molar-refractivity contribution in [1.29, 1.82) is 5.26 Å². The highest BCUT2D eigenvalue weighted by Crippen LogP contribution is 2.44. The number of ether oxygens (including phenoxy) is 1.